The number of anilines is 1. The van der Waals surface area contributed by atoms with E-state index >= 15 is 0 Å². The van der Waals surface area contributed by atoms with Gasteiger partial charge in [-0.25, -0.2) is 4.39 Å². The van der Waals surface area contributed by atoms with Crippen molar-refractivity contribution in [2.75, 3.05) is 11.9 Å². The van der Waals surface area contributed by atoms with Crippen LogP contribution in [-0.2, 0) is 9.59 Å². The van der Waals surface area contributed by atoms with Crippen LogP contribution < -0.4 is 5.32 Å². The first-order valence-electron chi connectivity index (χ1n) is 7.64. The van der Waals surface area contributed by atoms with Crippen LogP contribution in [0.2, 0.25) is 0 Å². The number of imide groups is 1. The average molecular weight is 344 g/mol. The number of nitrogens with one attached hydrogen (secondary N) is 1. The monoisotopic (exact) mass is 344 g/mol. The van der Waals surface area contributed by atoms with Crippen molar-refractivity contribution in [1.82, 2.24) is 4.90 Å². The van der Waals surface area contributed by atoms with Crippen LogP contribution in [0, 0.1) is 11.7 Å². The van der Waals surface area contributed by atoms with Crippen molar-refractivity contribution in [2.45, 2.75) is 13.8 Å². The Morgan fingerprint density at radius 3 is 2.42 bits per heavy atom. The first-order valence-corrected chi connectivity index (χ1v) is 8.52. The van der Waals surface area contributed by atoms with Crippen LogP contribution in [0.4, 0.5) is 10.1 Å². The van der Waals surface area contributed by atoms with E-state index in [1.165, 1.54) is 40.5 Å². The Balaban J connectivity index is 2.00. The highest BCUT2D eigenvalue weighted by atomic mass is 32.1. The molecular formula is C18H17FN2O2S. The first-order chi connectivity index (χ1) is 11.5. The maximum atomic E-state index is 13.1. The number of rotatable bonds is 5. The Hall–Kier alpha value is -2.47. The van der Waals surface area contributed by atoms with Gasteiger partial charge in [-0.3, -0.25) is 14.5 Å². The molecule has 0 unspecified atom stereocenters. The first kappa shape index (κ1) is 16.4. The fourth-order valence-electron chi connectivity index (χ4n) is 2.55. The van der Waals surface area contributed by atoms with Crippen LogP contribution >= 0.6 is 11.3 Å². The number of amides is 2. The fraction of sp³-hybridized carbons (Fsp3) is 0.222. The van der Waals surface area contributed by atoms with Crippen LogP contribution in [-0.4, -0.2) is 23.3 Å². The summed E-state index contributed by atoms with van der Waals surface area (Å²) in [5, 5.41) is 4.86. The molecule has 0 atom stereocenters. The van der Waals surface area contributed by atoms with Gasteiger partial charge in [0.15, 0.2) is 0 Å². The van der Waals surface area contributed by atoms with Gasteiger partial charge in [-0.05, 0) is 41.6 Å². The van der Waals surface area contributed by atoms with E-state index in [-0.39, 0.29) is 29.2 Å². The zero-order valence-electron chi connectivity index (χ0n) is 13.4. The van der Waals surface area contributed by atoms with Crippen LogP contribution in [0.15, 0.2) is 47.5 Å². The molecule has 124 valence electrons. The van der Waals surface area contributed by atoms with Gasteiger partial charge < -0.3 is 5.32 Å². The molecule has 6 heteroatoms. The lowest BCUT2D eigenvalue weighted by Gasteiger charge is -2.17. The predicted octanol–water partition coefficient (Wildman–Crippen LogP) is 3.74. The molecule has 0 fully saturated rings. The van der Waals surface area contributed by atoms with Crippen molar-refractivity contribution in [3.05, 3.63) is 58.2 Å². The molecule has 1 aliphatic rings. The SMILES string of the molecule is CC(C)CN1C(=O)C(Nc2ccc(F)cc2)=C(c2cccs2)C1=O. The van der Waals surface area contributed by atoms with Gasteiger partial charge in [-0.1, -0.05) is 19.9 Å². The van der Waals surface area contributed by atoms with Crippen molar-refractivity contribution >= 4 is 34.4 Å². The van der Waals surface area contributed by atoms with E-state index in [2.05, 4.69) is 5.32 Å². The number of hydrogen-bond donors (Lipinski definition) is 1. The molecule has 0 radical (unpaired) electrons. The summed E-state index contributed by atoms with van der Waals surface area (Å²) in [5.41, 5.74) is 1.18. The quantitative estimate of drug-likeness (QED) is 0.841. The maximum Gasteiger partial charge on any atom is 0.278 e. The molecule has 0 spiro atoms. The molecule has 4 nitrogen and oxygen atoms in total. The Morgan fingerprint density at radius 2 is 1.83 bits per heavy atom. The number of halogens is 1. The smallest absolute Gasteiger partial charge is 0.278 e. The van der Waals surface area contributed by atoms with Gasteiger partial charge in [0.25, 0.3) is 11.8 Å². The van der Waals surface area contributed by atoms with E-state index in [0.29, 0.717) is 17.8 Å². The minimum atomic E-state index is -0.358. The largest absolute Gasteiger partial charge is 0.350 e. The molecule has 1 aliphatic heterocycles. The molecule has 2 aromatic rings. The number of benzene rings is 1. The zero-order valence-corrected chi connectivity index (χ0v) is 14.2. The molecule has 1 aromatic heterocycles. The topological polar surface area (TPSA) is 49.4 Å². The number of thiophene rings is 1. The van der Waals surface area contributed by atoms with E-state index in [1.54, 1.807) is 0 Å². The van der Waals surface area contributed by atoms with Gasteiger partial charge in [-0.2, -0.15) is 0 Å². The maximum absolute atomic E-state index is 13.1. The van der Waals surface area contributed by atoms with E-state index in [9.17, 15) is 14.0 Å². The summed E-state index contributed by atoms with van der Waals surface area (Å²) in [7, 11) is 0. The molecule has 1 N–H and O–H groups in total. The normalized spacial score (nSPS) is 14.9. The average Bonchev–Trinajstić information content (AvgIpc) is 3.13. The number of carbonyl (C=O) groups is 2. The van der Waals surface area contributed by atoms with Gasteiger partial charge in [-0.15, -0.1) is 11.3 Å². The zero-order chi connectivity index (χ0) is 17.3. The minimum absolute atomic E-state index is 0.174. The summed E-state index contributed by atoms with van der Waals surface area (Å²) in [6.07, 6.45) is 0. The van der Waals surface area contributed by atoms with E-state index < -0.39 is 0 Å². The summed E-state index contributed by atoms with van der Waals surface area (Å²) < 4.78 is 13.1. The molecule has 1 aromatic carbocycles. The second kappa shape index (κ2) is 6.57. The molecule has 0 saturated carbocycles. The van der Waals surface area contributed by atoms with Gasteiger partial charge in [0.05, 0.1) is 5.57 Å². The molecule has 0 bridgehead atoms. The summed E-state index contributed by atoms with van der Waals surface area (Å²) in [6, 6.07) is 9.35. The highest BCUT2D eigenvalue weighted by Crippen LogP contribution is 2.33. The van der Waals surface area contributed by atoms with Crippen molar-refractivity contribution < 1.29 is 14.0 Å². The molecule has 24 heavy (non-hydrogen) atoms. The van der Waals surface area contributed by atoms with Crippen LogP contribution in [0.25, 0.3) is 5.57 Å². The van der Waals surface area contributed by atoms with Crippen LogP contribution in [0.5, 0.6) is 0 Å². The van der Waals surface area contributed by atoms with Crippen LogP contribution in [0.1, 0.15) is 18.7 Å². The predicted molar refractivity (Wildman–Crippen MR) is 92.8 cm³/mol. The van der Waals surface area contributed by atoms with E-state index in [1.807, 2.05) is 31.4 Å². The standard InChI is InChI=1S/C18H17FN2O2S/c1-11(2)10-21-17(22)15(14-4-3-9-24-14)16(18(21)23)20-13-7-5-12(19)6-8-13/h3-9,11,20H,10H2,1-2H3. The lowest BCUT2D eigenvalue weighted by atomic mass is 10.1. The Labute approximate surface area is 143 Å². The Bertz CT molecular complexity index is 795. The Morgan fingerprint density at radius 1 is 1.12 bits per heavy atom. The summed E-state index contributed by atoms with van der Waals surface area (Å²) in [4.78, 5) is 27.5. The van der Waals surface area contributed by atoms with E-state index in [4.69, 9.17) is 0 Å². The molecule has 2 amide bonds. The Kier molecular flexibility index (Phi) is 4.49. The molecule has 2 heterocycles. The number of carbonyl (C=O) groups excluding carboxylic acids is 2. The molecule has 0 saturated heterocycles. The second-order valence-corrected chi connectivity index (χ2v) is 6.92. The van der Waals surface area contributed by atoms with E-state index in [0.717, 1.165) is 4.88 Å². The highest BCUT2D eigenvalue weighted by molar-refractivity contribution is 7.11. The number of nitrogens with zero attached hydrogens (tertiary/aromatic N) is 1. The summed E-state index contributed by atoms with van der Waals surface area (Å²) in [5.74, 6) is -0.821. The summed E-state index contributed by atoms with van der Waals surface area (Å²) >= 11 is 1.41. The van der Waals surface area contributed by atoms with Crippen molar-refractivity contribution in [2.24, 2.45) is 5.92 Å². The lowest BCUT2D eigenvalue weighted by molar-refractivity contribution is -0.137. The van der Waals surface area contributed by atoms with Gasteiger partial charge in [0.1, 0.15) is 11.5 Å². The van der Waals surface area contributed by atoms with Crippen LogP contribution in [0.3, 0.4) is 0 Å². The molecule has 0 aliphatic carbocycles. The minimum Gasteiger partial charge on any atom is -0.350 e. The van der Waals surface area contributed by atoms with Crippen molar-refractivity contribution in [3.8, 4) is 0 Å². The van der Waals surface area contributed by atoms with Gasteiger partial charge in [0, 0.05) is 17.1 Å². The van der Waals surface area contributed by atoms with Crippen molar-refractivity contribution in [1.29, 1.82) is 0 Å². The third-order valence-electron chi connectivity index (χ3n) is 3.60. The molecular weight excluding hydrogens is 327 g/mol. The van der Waals surface area contributed by atoms with Gasteiger partial charge in [0.2, 0.25) is 0 Å². The second-order valence-electron chi connectivity index (χ2n) is 5.97. The third kappa shape index (κ3) is 3.10. The highest BCUT2D eigenvalue weighted by Gasteiger charge is 2.39. The molecule has 3 rings (SSSR count). The fourth-order valence-corrected chi connectivity index (χ4v) is 3.32. The summed E-state index contributed by atoms with van der Waals surface area (Å²) in [6.45, 7) is 4.27. The van der Waals surface area contributed by atoms with Crippen molar-refractivity contribution in [3.63, 3.8) is 0 Å². The number of hydrogen-bond acceptors (Lipinski definition) is 4. The third-order valence-corrected chi connectivity index (χ3v) is 4.48. The lowest BCUT2D eigenvalue weighted by Crippen LogP contribution is -2.35. The van der Waals surface area contributed by atoms with Gasteiger partial charge >= 0.3 is 0 Å².